The van der Waals surface area contributed by atoms with Crippen LogP contribution in [0.5, 0.6) is 0 Å². The molecule has 0 aliphatic heterocycles. The summed E-state index contributed by atoms with van der Waals surface area (Å²) in [6.07, 6.45) is 1.10. The van der Waals surface area contributed by atoms with Crippen LogP contribution in [0.2, 0.25) is 0 Å². The summed E-state index contributed by atoms with van der Waals surface area (Å²) in [6, 6.07) is 15.5. The van der Waals surface area contributed by atoms with Crippen LogP contribution in [0.3, 0.4) is 0 Å². The summed E-state index contributed by atoms with van der Waals surface area (Å²) in [6.45, 7) is 11.0. The predicted octanol–water partition coefficient (Wildman–Crippen LogP) is 6.03. The van der Waals surface area contributed by atoms with Crippen molar-refractivity contribution < 1.29 is 0 Å². The minimum absolute atomic E-state index is 0.652. The molecule has 3 rings (SSSR count). The van der Waals surface area contributed by atoms with Gasteiger partial charge < -0.3 is 0 Å². The quantitative estimate of drug-likeness (QED) is 0.576. The van der Waals surface area contributed by atoms with Crippen molar-refractivity contribution in [3.63, 3.8) is 0 Å². The molecule has 0 aliphatic carbocycles. The molecule has 1 aromatic heterocycles. The highest BCUT2D eigenvalue weighted by molar-refractivity contribution is 5.85. The van der Waals surface area contributed by atoms with E-state index < -0.39 is 0 Å². The molecule has 0 amide bonds. The van der Waals surface area contributed by atoms with E-state index in [2.05, 4.69) is 77.1 Å². The van der Waals surface area contributed by atoms with Crippen molar-refractivity contribution in [3.8, 4) is 11.3 Å². The molecule has 0 N–H and O–H groups in total. The van der Waals surface area contributed by atoms with Crippen LogP contribution in [0.15, 0.2) is 42.5 Å². The number of pyridine rings is 1. The summed E-state index contributed by atoms with van der Waals surface area (Å²) >= 11 is 0. The second-order valence-corrected chi connectivity index (χ2v) is 7.16. The minimum Gasteiger partial charge on any atom is -0.248 e. The number of hydrogen-bond acceptors (Lipinski definition) is 1. The Kier molecular flexibility index (Phi) is 4.21. The number of hydrogen-bond donors (Lipinski definition) is 0. The van der Waals surface area contributed by atoms with E-state index in [1.54, 1.807) is 0 Å². The maximum absolute atomic E-state index is 4.96. The average Bonchev–Trinajstić information content (AvgIpc) is 2.44. The fraction of sp³-hybridized carbons (Fsp3) is 0.318. The fourth-order valence-corrected chi connectivity index (χ4v) is 3.36. The van der Waals surface area contributed by atoms with Crippen molar-refractivity contribution in [1.29, 1.82) is 0 Å². The van der Waals surface area contributed by atoms with Gasteiger partial charge in [-0.25, -0.2) is 4.98 Å². The van der Waals surface area contributed by atoms with Crippen molar-refractivity contribution in [2.24, 2.45) is 5.92 Å². The van der Waals surface area contributed by atoms with E-state index in [0.29, 0.717) is 5.92 Å². The van der Waals surface area contributed by atoms with Gasteiger partial charge in [0.05, 0.1) is 11.2 Å². The van der Waals surface area contributed by atoms with E-state index in [1.807, 2.05) is 0 Å². The lowest BCUT2D eigenvalue weighted by molar-refractivity contribution is 0.650. The maximum Gasteiger partial charge on any atom is 0.0714 e. The molecule has 1 heterocycles. The molecule has 118 valence electrons. The Labute approximate surface area is 139 Å². The maximum atomic E-state index is 4.96. The Hall–Kier alpha value is -2.15. The van der Waals surface area contributed by atoms with Gasteiger partial charge in [-0.05, 0) is 68.5 Å². The fourth-order valence-electron chi connectivity index (χ4n) is 3.36. The number of aryl methyl sites for hydroxylation is 3. The molecule has 0 saturated heterocycles. The summed E-state index contributed by atoms with van der Waals surface area (Å²) in [4.78, 5) is 4.96. The van der Waals surface area contributed by atoms with E-state index >= 15 is 0 Å². The van der Waals surface area contributed by atoms with Crippen LogP contribution in [-0.4, -0.2) is 4.98 Å². The molecule has 2 aromatic carbocycles. The largest absolute Gasteiger partial charge is 0.248 e. The average molecular weight is 303 g/mol. The van der Waals surface area contributed by atoms with Crippen LogP contribution < -0.4 is 0 Å². The first-order valence-corrected chi connectivity index (χ1v) is 8.41. The van der Waals surface area contributed by atoms with Crippen LogP contribution in [0.4, 0.5) is 0 Å². The summed E-state index contributed by atoms with van der Waals surface area (Å²) < 4.78 is 0. The lowest BCUT2D eigenvalue weighted by Crippen LogP contribution is -1.97. The summed E-state index contributed by atoms with van der Waals surface area (Å²) in [7, 11) is 0. The Morgan fingerprint density at radius 1 is 0.826 bits per heavy atom. The molecule has 0 saturated carbocycles. The Morgan fingerprint density at radius 3 is 2.13 bits per heavy atom. The van der Waals surface area contributed by atoms with Gasteiger partial charge >= 0.3 is 0 Å². The standard InChI is InChI=1S/C22H25N/c1-14(2)8-18-10-17(5)13-22-20(18)6-7-21(23-22)19-11-15(3)9-16(4)12-19/h6-7,9-14H,8H2,1-5H3. The predicted molar refractivity (Wildman–Crippen MR) is 99.9 cm³/mol. The zero-order chi connectivity index (χ0) is 16.6. The zero-order valence-electron chi connectivity index (χ0n) is 14.8. The van der Waals surface area contributed by atoms with Crippen LogP contribution in [0.1, 0.15) is 36.1 Å². The van der Waals surface area contributed by atoms with E-state index in [4.69, 9.17) is 4.98 Å². The van der Waals surface area contributed by atoms with E-state index in [1.165, 1.54) is 33.2 Å². The van der Waals surface area contributed by atoms with Crippen molar-refractivity contribution >= 4 is 10.9 Å². The number of rotatable bonds is 3. The van der Waals surface area contributed by atoms with Crippen LogP contribution in [-0.2, 0) is 6.42 Å². The molecular formula is C22H25N. The van der Waals surface area contributed by atoms with Gasteiger partial charge in [-0.15, -0.1) is 0 Å². The third-order valence-electron chi connectivity index (χ3n) is 4.18. The van der Waals surface area contributed by atoms with E-state index in [0.717, 1.165) is 17.6 Å². The number of benzene rings is 2. The molecule has 0 aliphatic rings. The van der Waals surface area contributed by atoms with Crippen molar-refractivity contribution in [2.75, 3.05) is 0 Å². The molecule has 0 radical (unpaired) electrons. The molecule has 23 heavy (non-hydrogen) atoms. The Bertz CT molecular complexity index is 839. The molecule has 0 atom stereocenters. The number of fused-ring (bicyclic) bond motifs is 1. The van der Waals surface area contributed by atoms with Gasteiger partial charge in [0.15, 0.2) is 0 Å². The molecular weight excluding hydrogens is 278 g/mol. The van der Waals surface area contributed by atoms with Gasteiger partial charge in [0.2, 0.25) is 0 Å². The first-order chi connectivity index (χ1) is 10.9. The monoisotopic (exact) mass is 303 g/mol. The second-order valence-electron chi connectivity index (χ2n) is 7.16. The lowest BCUT2D eigenvalue weighted by atomic mass is 9.96. The SMILES string of the molecule is Cc1cc(C)cc(-c2ccc3c(CC(C)C)cc(C)cc3n2)c1. The molecule has 3 aromatic rings. The van der Waals surface area contributed by atoms with Gasteiger partial charge in [0.25, 0.3) is 0 Å². The highest BCUT2D eigenvalue weighted by atomic mass is 14.7. The van der Waals surface area contributed by atoms with Gasteiger partial charge in [-0.2, -0.15) is 0 Å². The molecule has 0 bridgehead atoms. The van der Waals surface area contributed by atoms with Crippen molar-refractivity contribution in [1.82, 2.24) is 4.98 Å². The minimum atomic E-state index is 0.652. The van der Waals surface area contributed by atoms with Crippen molar-refractivity contribution in [3.05, 3.63) is 64.7 Å². The summed E-state index contributed by atoms with van der Waals surface area (Å²) in [5, 5.41) is 1.29. The van der Waals surface area contributed by atoms with Crippen LogP contribution in [0, 0.1) is 26.7 Å². The molecule has 1 nitrogen and oxygen atoms in total. The van der Waals surface area contributed by atoms with Gasteiger partial charge in [0, 0.05) is 10.9 Å². The topological polar surface area (TPSA) is 12.9 Å². The van der Waals surface area contributed by atoms with Gasteiger partial charge in [-0.1, -0.05) is 43.2 Å². The first kappa shape index (κ1) is 15.7. The summed E-state index contributed by atoms with van der Waals surface area (Å²) in [5.41, 5.74) is 8.64. The van der Waals surface area contributed by atoms with Crippen molar-refractivity contribution in [2.45, 2.75) is 41.0 Å². The lowest BCUT2D eigenvalue weighted by Gasteiger charge is -2.12. The number of nitrogens with zero attached hydrogens (tertiary/aromatic N) is 1. The smallest absolute Gasteiger partial charge is 0.0714 e. The van der Waals surface area contributed by atoms with Gasteiger partial charge in [-0.3, -0.25) is 0 Å². The normalized spacial score (nSPS) is 11.4. The molecule has 0 spiro atoms. The Morgan fingerprint density at radius 2 is 1.48 bits per heavy atom. The van der Waals surface area contributed by atoms with Crippen LogP contribution in [0.25, 0.3) is 22.2 Å². The Balaban J connectivity index is 2.15. The third-order valence-corrected chi connectivity index (χ3v) is 4.18. The molecule has 0 fully saturated rings. The third kappa shape index (κ3) is 3.44. The van der Waals surface area contributed by atoms with Gasteiger partial charge in [0.1, 0.15) is 0 Å². The van der Waals surface area contributed by atoms with E-state index in [-0.39, 0.29) is 0 Å². The second kappa shape index (κ2) is 6.16. The molecule has 1 heteroatoms. The first-order valence-electron chi connectivity index (χ1n) is 8.41. The highest BCUT2D eigenvalue weighted by Crippen LogP contribution is 2.27. The molecule has 0 unspecified atom stereocenters. The summed E-state index contributed by atoms with van der Waals surface area (Å²) in [5.74, 6) is 0.652. The number of aromatic nitrogens is 1. The zero-order valence-corrected chi connectivity index (χ0v) is 14.8. The highest BCUT2D eigenvalue weighted by Gasteiger charge is 2.08. The van der Waals surface area contributed by atoms with E-state index in [9.17, 15) is 0 Å². The van der Waals surface area contributed by atoms with Crippen LogP contribution >= 0.6 is 0 Å².